The maximum atomic E-state index is 3.98. The topological polar surface area (TPSA) is 12.4 Å². The quantitative estimate of drug-likeness (QED) is 0.444. The molecule has 0 N–H and O–H groups in total. The first-order valence-corrected chi connectivity index (χ1v) is 2.39. The van der Waals surface area contributed by atoms with Gasteiger partial charge >= 0.3 is 0 Å². The first-order valence-electron chi connectivity index (χ1n) is 2.39. The Morgan fingerprint density at radius 2 is 2.00 bits per heavy atom. The maximum absolute atomic E-state index is 3.98. The Labute approximate surface area is 44.8 Å². The van der Waals surface area contributed by atoms with Crippen molar-refractivity contribution in [2.75, 3.05) is 0 Å². The van der Waals surface area contributed by atoms with Gasteiger partial charge < -0.3 is 0 Å². The van der Waals surface area contributed by atoms with Crippen molar-refractivity contribution in [2.45, 2.75) is 20.8 Å². The van der Waals surface area contributed by atoms with E-state index in [9.17, 15) is 0 Å². The van der Waals surface area contributed by atoms with Crippen molar-refractivity contribution in [1.82, 2.24) is 0 Å². The lowest BCUT2D eigenvalue weighted by Gasteiger charge is -1.78. The van der Waals surface area contributed by atoms with Crippen LogP contribution >= 0.6 is 0 Å². The van der Waals surface area contributed by atoms with Crippen LogP contribution in [0, 0.1) is 0 Å². The lowest BCUT2D eigenvalue weighted by Crippen LogP contribution is -1.74. The van der Waals surface area contributed by atoms with Crippen LogP contribution in [-0.4, -0.2) is 5.71 Å². The van der Waals surface area contributed by atoms with E-state index in [1.807, 2.05) is 26.8 Å². The summed E-state index contributed by atoms with van der Waals surface area (Å²) in [4.78, 5) is 3.98. The highest BCUT2D eigenvalue weighted by Crippen LogP contribution is 1.75. The molecule has 0 heterocycles. The minimum atomic E-state index is 1.10. The summed E-state index contributed by atoms with van der Waals surface area (Å²) in [6.45, 7) is 5.90. The molecule has 40 valence electrons. The average Bonchev–Trinajstić information content (AvgIpc) is 1.61. The molecule has 0 amide bonds. The van der Waals surface area contributed by atoms with E-state index in [4.69, 9.17) is 0 Å². The molecule has 1 heteroatoms. The number of allylic oxidation sites excluding steroid dienone is 1. The Kier molecular flexibility index (Phi) is 3.29. The van der Waals surface area contributed by atoms with E-state index >= 15 is 0 Å². The standard InChI is InChI=1S/C6H11N/c1-4-5-7-6(2)3/h4-5H,1-3H3. The third kappa shape index (κ3) is 5.41. The monoisotopic (exact) mass is 97.1 g/mol. The Morgan fingerprint density at radius 3 is 2.14 bits per heavy atom. The molecule has 0 aromatic carbocycles. The second-order valence-corrected chi connectivity index (χ2v) is 1.56. The molecule has 0 rings (SSSR count). The van der Waals surface area contributed by atoms with Crippen molar-refractivity contribution in [1.29, 1.82) is 0 Å². The Hall–Kier alpha value is -0.590. The van der Waals surface area contributed by atoms with E-state index in [-0.39, 0.29) is 0 Å². The number of hydrogen-bond donors (Lipinski definition) is 0. The summed E-state index contributed by atoms with van der Waals surface area (Å²) < 4.78 is 0. The Balaban J connectivity index is 3.46. The SMILES string of the molecule is CC=CN=C(C)C. The van der Waals surface area contributed by atoms with Gasteiger partial charge in [0, 0.05) is 11.9 Å². The van der Waals surface area contributed by atoms with Crippen molar-refractivity contribution < 1.29 is 0 Å². The van der Waals surface area contributed by atoms with Gasteiger partial charge in [0.25, 0.3) is 0 Å². The minimum absolute atomic E-state index is 1.10. The van der Waals surface area contributed by atoms with Gasteiger partial charge in [-0.2, -0.15) is 0 Å². The molecule has 0 radical (unpaired) electrons. The molecule has 0 spiro atoms. The second-order valence-electron chi connectivity index (χ2n) is 1.56. The average molecular weight is 97.2 g/mol. The fourth-order valence-electron chi connectivity index (χ4n) is 0.224. The molecule has 0 aliphatic carbocycles. The van der Waals surface area contributed by atoms with Crippen molar-refractivity contribution in [2.24, 2.45) is 4.99 Å². The normalized spacial score (nSPS) is 9.57. The van der Waals surface area contributed by atoms with Gasteiger partial charge in [-0.05, 0) is 20.8 Å². The molecule has 0 atom stereocenters. The summed E-state index contributed by atoms with van der Waals surface area (Å²) in [6.07, 6.45) is 3.70. The zero-order valence-corrected chi connectivity index (χ0v) is 5.10. The molecule has 0 aliphatic heterocycles. The van der Waals surface area contributed by atoms with E-state index in [0.717, 1.165) is 5.71 Å². The van der Waals surface area contributed by atoms with Crippen LogP contribution in [0.5, 0.6) is 0 Å². The highest BCUT2D eigenvalue weighted by Gasteiger charge is 1.66. The van der Waals surface area contributed by atoms with Gasteiger partial charge in [-0.3, -0.25) is 4.99 Å². The van der Waals surface area contributed by atoms with E-state index in [0.29, 0.717) is 0 Å². The van der Waals surface area contributed by atoms with Crippen molar-refractivity contribution in [3.05, 3.63) is 12.3 Å². The number of aliphatic imine (C=N–C) groups is 1. The third-order valence-electron chi connectivity index (χ3n) is 0.482. The first-order chi connectivity index (χ1) is 3.27. The Morgan fingerprint density at radius 1 is 1.43 bits per heavy atom. The van der Waals surface area contributed by atoms with Crippen LogP contribution in [0.1, 0.15) is 20.8 Å². The fraction of sp³-hybridized carbons (Fsp3) is 0.500. The highest BCUT2D eigenvalue weighted by atomic mass is 14.7. The van der Waals surface area contributed by atoms with Crippen LogP contribution in [0.3, 0.4) is 0 Å². The van der Waals surface area contributed by atoms with Crippen molar-refractivity contribution in [3.8, 4) is 0 Å². The predicted molar refractivity (Wildman–Crippen MR) is 33.6 cm³/mol. The smallest absolute Gasteiger partial charge is 0.0224 e. The van der Waals surface area contributed by atoms with Gasteiger partial charge in [-0.25, -0.2) is 0 Å². The van der Waals surface area contributed by atoms with E-state index in [2.05, 4.69) is 4.99 Å². The summed E-state index contributed by atoms with van der Waals surface area (Å²) in [5.41, 5.74) is 1.10. The van der Waals surface area contributed by atoms with Gasteiger partial charge in [0.05, 0.1) is 0 Å². The van der Waals surface area contributed by atoms with Crippen LogP contribution in [0.15, 0.2) is 17.3 Å². The number of nitrogens with zero attached hydrogens (tertiary/aromatic N) is 1. The zero-order chi connectivity index (χ0) is 5.70. The van der Waals surface area contributed by atoms with E-state index in [1.165, 1.54) is 0 Å². The largest absolute Gasteiger partial charge is 0.267 e. The fourth-order valence-corrected chi connectivity index (χ4v) is 0.224. The van der Waals surface area contributed by atoms with Gasteiger partial charge in [0.1, 0.15) is 0 Å². The lowest BCUT2D eigenvalue weighted by molar-refractivity contribution is 1.48. The van der Waals surface area contributed by atoms with Gasteiger partial charge in [-0.1, -0.05) is 6.08 Å². The summed E-state index contributed by atoms with van der Waals surface area (Å²) in [7, 11) is 0. The maximum Gasteiger partial charge on any atom is 0.0224 e. The summed E-state index contributed by atoms with van der Waals surface area (Å²) >= 11 is 0. The lowest BCUT2D eigenvalue weighted by atomic mass is 10.5. The van der Waals surface area contributed by atoms with Crippen molar-refractivity contribution >= 4 is 5.71 Å². The van der Waals surface area contributed by atoms with Crippen LogP contribution in [0.2, 0.25) is 0 Å². The second kappa shape index (κ2) is 3.59. The first kappa shape index (κ1) is 6.41. The minimum Gasteiger partial charge on any atom is -0.267 e. The van der Waals surface area contributed by atoms with Gasteiger partial charge in [0.2, 0.25) is 0 Å². The predicted octanol–water partition coefficient (Wildman–Crippen LogP) is 2.00. The number of rotatable bonds is 1. The Bertz CT molecular complexity index is 86.4. The van der Waals surface area contributed by atoms with Crippen LogP contribution in [0.4, 0.5) is 0 Å². The highest BCUT2D eigenvalue weighted by molar-refractivity contribution is 5.79. The molecule has 0 aromatic heterocycles. The summed E-state index contributed by atoms with van der Waals surface area (Å²) in [5, 5.41) is 0. The van der Waals surface area contributed by atoms with Crippen LogP contribution in [0.25, 0.3) is 0 Å². The molecular weight excluding hydrogens is 86.1 g/mol. The van der Waals surface area contributed by atoms with Crippen LogP contribution in [-0.2, 0) is 0 Å². The molecule has 0 aliphatic rings. The van der Waals surface area contributed by atoms with E-state index in [1.54, 1.807) is 6.20 Å². The summed E-state index contributed by atoms with van der Waals surface area (Å²) in [5.74, 6) is 0. The number of hydrogen-bond acceptors (Lipinski definition) is 1. The molecular formula is C6H11N. The molecule has 0 saturated carbocycles. The van der Waals surface area contributed by atoms with Gasteiger partial charge in [-0.15, -0.1) is 0 Å². The zero-order valence-electron chi connectivity index (χ0n) is 5.10. The molecule has 7 heavy (non-hydrogen) atoms. The van der Waals surface area contributed by atoms with Crippen molar-refractivity contribution in [3.63, 3.8) is 0 Å². The van der Waals surface area contributed by atoms with Gasteiger partial charge in [0.15, 0.2) is 0 Å². The third-order valence-corrected chi connectivity index (χ3v) is 0.482. The molecule has 1 nitrogen and oxygen atoms in total. The molecule has 0 saturated heterocycles. The molecule has 0 aromatic rings. The molecule has 0 fully saturated rings. The molecule has 0 unspecified atom stereocenters. The summed E-state index contributed by atoms with van der Waals surface area (Å²) in [6, 6.07) is 0. The van der Waals surface area contributed by atoms with E-state index < -0.39 is 0 Å². The van der Waals surface area contributed by atoms with Crippen LogP contribution < -0.4 is 0 Å². The molecule has 0 bridgehead atoms.